The first kappa shape index (κ1) is 16.5. The number of thiazole rings is 1. The summed E-state index contributed by atoms with van der Waals surface area (Å²) >= 11 is 1.52. The largest absolute Gasteiger partial charge is 0.495 e. The Bertz CT molecular complexity index is 985. The first-order chi connectivity index (χ1) is 12.7. The van der Waals surface area contributed by atoms with Crippen LogP contribution in [0.2, 0.25) is 0 Å². The minimum Gasteiger partial charge on any atom is -0.495 e. The summed E-state index contributed by atoms with van der Waals surface area (Å²) in [5.74, 6) is -0.00528. The molecule has 2 heterocycles. The van der Waals surface area contributed by atoms with Gasteiger partial charge in [0.15, 0.2) is 0 Å². The molecule has 0 spiro atoms. The van der Waals surface area contributed by atoms with Gasteiger partial charge in [0.1, 0.15) is 5.75 Å². The molecular weight excluding hydrogens is 350 g/mol. The molecule has 4 rings (SSSR count). The van der Waals surface area contributed by atoms with Crippen molar-refractivity contribution in [3.05, 3.63) is 48.0 Å². The maximum absolute atomic E-state index is 12.6. The fourth-order valence-corrected chi connectivity index (χ4v) is 3.86. The highest BCUT2D eigenvalue weighted by Crippen LogP contribution is 2.33. The number of rotatable bonds is 4. The summed E-state index contributed by atoms with van der Waals surface area (Å²) in [5, 5.41) is 2.92. The van der Waals surface area contributed by atoms with Gasteiger partial charge in [-0.1, -0.05) is 12.1 Å². The number of aromatic nitrogens is 1. The minimum absolute atomic E-state index is 0.0763. The van der Waals surface area contributed by atoms with Gasteiger partial charge in [0.05, 0.1) is 34.4 Å². The van der Waals surface area contributed by atoms with Gasteiger partial charge >= 0.3 is 0 Å². The van der Waals surface area contributed by atoms with Crippen LogP contribution < -0.4 is 15.0 Å². The number of nitrogens with one attached hydrogen (secondary N) is 1. The zero-order chi connectivity index (χ0) is 18.1. The molecule has 6 nitrogen and oxygen atoms in total. The molecule has 2 amide bonds. The van der Waals surface area contributed by atoms with Crippen molar-refractivity contribution in [2.75, 3.05) is 23.9 Å². The maximum atomic E-state index is 12.6. The predicted octanol–water partition coefficient (Wildman–Crippen LogP) is 3.30. The van der Waals surface area contributed by atoms with Crippen molar-refractivity contribution in [3.63, 3.8) is 0 Å². The highest BCUT2D eigenvalue weighted by atomic mass is 32.1. The fourth-order valence-electron chi connectivity index (χ4n) is 3.15. The SMILES string of the molecule is COc1ccccc1N1CC(C(=O)Nc2ccc3ncsc3c2)CC1=O. The third kappa shape index (κ3) is 3.01. The Labute approximate surface area is 154 Å². The van der Waals surface area contributed by atoms with Crippen LogP contribution in [0.1, 0.15) is 6.42 Å². The van der Waals surface area contributed by atoms with Crippen molar-refractivity contribution >= 4 is 44.7 Å². The lowest BCUT2D eigenvalue weighted by atomic mass is 10.1. The molecule has 1 unspecified atom stereocenters. The summed E-state index contributed by atoms with van der Waals surface area (Å²) in [7, 11) is 1.57. The molecule has 0 aliphatic carbocycles. The van der Waals surface area contributed by atoms with E-state index in [4.69, 9.17) is 4.74 Å². The summed E-state index contributed by atoms with van der Waals surface area (Å²) in [5.41, 5.74) is 4.10. The van der Waals surface area contributed by atoms with Gasteiger partial charge in [-0.05, 0) is 30.3 Å². The number of hydrogen-bond acceptors (Lipinski definition) is 5. The van der Waals surface area contributed by atoms with Crippen LogP contribution >= 0.6 is 11.3 Å². The number of para-hydroxylation sites is 2. The van der Waals surface area contributed by atoms with Gasteiger partial charge in [-0.2, -0.15) is 0 Å². The molecule has 2 aromatic carbocycles. The second-order valence-corrected chi connectivity index (χ2v) is 6.99. The Morgan fingerprint density at radius 3 is 3.00 bits per heavy atom. The van der Waals surface area contributed by atoms with Gasteiger partial charge in [-0.3, -0.25) is 9.59 Å². The normalized spacial score (nSPS) is 16.9. The number of hydrogen-bond donors (Lipinski definition) is 1. The second-order valence-electron chi connectivity index (χ2n) is 6.10. The number of nitrogens with zero attached hydrogens (tertiary/aromatic N) is 2. The van der Waals surface area contributed by atoms with E-state index in [2.05, 4.69) is 10.3 Å². The molecule has 1 aliphatic heterocycles. The third-order valence-electron chi connectivity index (χ3n) is 4.47. The first-order valence-electron chi connectivity index (χ1n) is 8.23. The number of benzene rings is 2. The van der Waals surface area contributed by atoms with Crippen molar-refractivity contribution < 1.29 is 14.3 Å². The van der Waals surface area contributed by atoms with Gasteiger partial charge < -0.3 is 15.0 Å². The molecule has 0 radical (unpaired) electrons. The Morgan fingerprint density at radius 2 is 2.15 bits per heavy atom. The minimum atomic E-state index is -0.399. The van der Waals surface area contributed by atoms with Crippen molar-refractivity contribution in [1.29, 1.82) is 0 Å². The zero-order valence-corrected chi connectivity index (χ0v) is 15.0. The molecule has 1 atom stereocenters. The summed E-state index contributed by atoms with van der Waals surface area (Å²) < 4.78 is 6.35. The smallest absolute Gasteiger partial charge is 0.229 e. The summed E-state index contributed by atoms with van der Waals surface area (Å²) in [6, 6.07) is 12.9. The lowest BCUT2D eigenvalue weighted by Gasteiger charge is -2.19. The summed E-state index contributed by atoms with van der Waals surface area (Å²) in [4.78, 5) is 30.9. The van der Waals surface area contributed by atoms with Crippen molar-refractivity contribution in [1.82, 2.24) is 4.98 Å². The molecule has 1 aromatic heterocycles. The van der Waals surface area contributed by atoms with Crippen molar-refractivity contribution in [2.24, 2.45) is 5.92 Å². The summed E-state index contributed by atoms with van der Waals surface area (Å²) in [6.07, 6.45) is 0.187. The molecular formula is C19H17N3O3S. The molecule has 1 aliphatic rings. The number of amides is 2. The van der Waals surface area contributed by atoms with Gasteiger partial charge in [0, 0.05) is 18.7 Å². The second kappa shape index (κ2) is 6.76. The molecule has 0 bridgehead atoms. The number of anilines is 2. The Morgan fingerprint density at radius 1 is 1.31 bits per heavy atom. The van der Waals surface area contributed by atoms with Gasteiger partial charge in [0.25, 0.3) is 0 Å². The van der Waals surface area contributed by atoms with Crippen LogP contribution in [0.5, 0.6) is 5.75 Å². The molecule has 1 fully saturated rings. The molecule has 0 saturated carbocycles. The van der Waals surface area contributed by atoms with Crippen LogP contribution in [-0.2, 0) is 9.59 Å². The van der Waals surface area contributed by atoms with Crippen LogP contribution in [-0.4, -0.2) is 30.5 Å². The van der Waals surface area contributed by atoms with Gasteiger partial charge in [-0.15, -0.1) is 11.3 Å². The molecule has 26 heavy (non-hydrogen) atoms. The van der Waals surface area contributed by atoms with Crippen molar-refractivity contribution in [3.8, 4) is 5.75 Å². The highest BCUT2D eigenvalue weighted by Gasteiger charge is 2.36. The van der Waals surface area contributed by atoms with E-state index in [1.165, 1.54) is 11.3 Å². The van der Waals surface area contributed by atoms with E-state index in [9.17, 15) is 9.59 Å². The highest BCUT2D eigenvalue weighted by molar-refractivity contribution is 7.16. The summed E-state index contributed by atoms with van der Waals surface area (Å²) in [6.45, 7) is 0.341. The monoisotopic (exact) mass is 367 g/mol. The van der Waals surface area contributed by atoms with Crippen LogP contribution in [0.3, 0.4) is 0 Å². The standard InChI is InChI=1S/C19H17N3O3S/c1-25-16-5-3-2-4-15(16)22-10-12(8-18(22)23)19(24)21-13-6-7-14-17(9-13)26-11-20-14/h2-7,9,11-12H,8,10H2,1H3,(H,21,24). The molecule has 1 saturated heterocycles. The van der Waals surface area contributed by atoms with E-state index in [1.54, 1.807) is 23.6 Å². The third-order valence-corrected chi connectivity index (χ3v) is 5.26. The maximum Gasteiger partial charge on any atom is 0.229 e. The van der Waals surface area contributed by atoms with Crippen LogP contribution in [0.4, 0.5) is 11.4 Å². The lowest BCUT2D eigenvalue weighted by Crippen LogP contribution is -2.28. The van der Waals surface area contributed by atoms with E-state index in [0.29, 0.717) is 18.0 Å². The number of ether oxygens (including phenoxy) is 1. The van der Waals surface area contributed by atoms with E-state index < -0.39 is 5.92 Å². The van der Waals surface area contributed by atoms with Crippen LogP contribution in [0.15, 0.2) is 48.0 Å². The molecule has 3 aromatic rings. The van der Waals surface area contributed by atoms with Crippen LogP contribution in [0, 0.1) is 5.92 Å². The number of carbonyl (C=O) groups is 2. The number of methoxy groups -OCH3 is 1. The first-order valence-corrected chi connectivity index (χ1v) is 9.11. The number of fused-ring (bicyclic) bond motifs is 1. The zero-order valence-electron chi connectivity index (χ0n) is 14.1. The van der Waals surface area contributed by atoms with E-state index in [-0.39, 0.29) is 18.2 Å². The lowest BCUT2D eigenvalue weighted by molar-refractivity contribution is -0.122. The fraction of sp³-hybridized carbons (Fsp3) is 0.211. The molecule has 1 N–H and O–H groups in total. The van der Waals surface area contributed by atoms with Gasteiger partial charge in [0.2, 0.25) is 11.8 Å². The van der Waals surface area contributed by atoms with Crippen LogP contribution in [0.25, 0.3) is 10.2 Å². The Kier molecular flexibility index (Phi) is 4.30. The van der Waals surface area contributed by atoms with Gasteiger partial charge in [-0.25, -0.2) is 4.98 Å². The van der Waals surface area contributed by atoms with Crippen molar-refractivity contribution in [2.45, 2.75) is 6.42 Å². The van der Waals surface area contributed by atoms with E-state index in [1.807, 2.05) is 36.4 Å². The molecule has 132 valence electrons. The quantitative estimate of drug-likeness (QED) is 0.768. The Hall–Kier alpha value is -2.93. The van der Waals surface area contributed by atoms with E-state index >= 15 is 0 Å². The average Bonchev–Trinajstić information content (AvgIpc) is 3.27. The topological polar surface area (TPSA) is 71.5 Å². The Balaban J connectivity index is 1.50. The number of carbonyl (C=O) groups excluding carboxylic acids is 2. The average molecular weight is 367 g/mol. The predicted molar refractivity (Wildman–Crippen MR) is 102 cm³/mol. The van der Waals surface area contributed by atoms with E-state index in [0.717, 1.165) is 15.9 Å². The molecule has 7 heteroatoms.